The van der Waals surface area contributed by atoms with Gasteiger partial charge < -0.3 is 20.3 Å². The van der Waals surface area contributed by atoms with E-state index >= 15 is 0 Å². The largest absolute Gasteiger partial charge is 0.391 e. The van der Waals surface area contributed by atoms with E-state index in [-0.39, 0.29) is 0 Å². The SMILES string of the molecule is CN=C1NC2C(OC(C(C)O)C(O)C2F)S1. The number of rotatable bonds is 1. The van der Waals surface area contributed by atoms with Crippen molar-refractivity contribution in [1.82, 2.24) is 5.32 Å². The summed E-state index contributed by atoms with van der Waals surface area (Å²) < 4.78 is 19.3. The Labute approximate surface area is 97.1 Å². The molecule has 0 amide bonds. The van der Waals surface area contributed by atoms with Gasteiger partial charge in [-0.1, -0.05) is 11.8 Å². The molecule has 5 nitrogen and oxygen atoms in total. The maximum absolute atomic E-state index is 13.9. The Balaban J connectivity index is 2.15. The van der Waals surface area contributed by atoms with Gasteiger partial charge in [-0.25, -0.2) is 4.39 Å². The highest BCUT2D eigenvalue weighted by Crippen LogP contribution is 2.35. The molecule has 0 radical (unpaired) electrons. The molecule has 0 aromatic rings. The second-order valence-corrected chi connectivity index (χ2v) is 5.05. The van der Waals surface area contributed by atoms with Crippen molar-refractivity contribution in [1.29, 1.82) is 0 Å². The number of aliphatic imine (C=N–C) groups is 1. The van der Waals surface area contributed by atoms with Crippen molar-refractivity contribution in [3.8, 4) is 0 Å². The van der Waals surface area contributed by atoms with Gasteiger partial charge >= 0.3 is 0 Å². The zero-order chi connectivity index (χ0) is 11.9. The minimum atomic E-state index is -1.47. The number of nitrogens with one attached hydrogen (secondary N) is 1. The number of nitrogens with zero attached hydrogens (tertiary/aromatic N) is 1. The lowest BCUT2D eigenvalue weighted by molar-refractivity contribution is -0.167. The minimum Gasteiger partial charge on any atom is -0.391 e. The van der Waals surface area contributed by atoms with Crippen LogP contribution < -0.4 is 5.32 Å². The Morgan fingerprint density at radius 3 is 2.88 bits per heavy atom. The molecule has 0 spiro atoms. The molecule has 0 aromatic heterocycles. The fraction of sp³-hybridized carbons (Fsp3) is 0.889. The predicted octanol–water partition coefficient (Wildman–Crippen LogP) is -0.518. The van der Waals surface area contributed by atoms with Crippen LogP contribution in [0.1, 0.15) is 6.92 Å². The molecule has 6 unspecified atom stereocenters. The minimum absolute atomic E-state index is 0.448. The third-order valence-electron chi connectivity index (χ3n) is 2.79. The molecule has 2 rings (SSSR count). The molecule has 6 atom stereocenters. The van der Waals surface area contributed by atoms with E-state index in [1.54, 1.807) is 7.05 Å². The number of amidine groups is 1. The summed E-state index contributed by atoms with van der Waals surface area (Å²) in [5.41, 5.74) is -0.448. The van der Waals surface area contributed by atoms with E-state index in [0.717, 1.165) is 0 Å². The first kappa shape index (κ1) is 12.1. The molecule has 2 fully saturated rings. The average molecular weight is 250 g/mol. The smallest absolute Gasteiger partial charge is 0.159 e. The highest BCUT2D eigenvalue weighted by Gasteiger charge is 2.51. The van der Waals surface area contributed by atoms with Crippen LogP contribution in [0.3, 0.4) is 0 Å². The van der Waals surface area contributed by atoms with Crippen molar-refractivity contribution >= 4 is 16.9 Å². The molecule has 7 heteroatoms. The molecule has 3 N–H and O–H groups in total. The number of fused-ring (bicyclic) bond motifs is 1. The molecule has 16 heavy (non-hydrogen) atoms. The first-order valence-corrected chi connectivity index (χ1v) is 5.98. The van der Waals surface area contributed by atoms with Crippen LogP contribution >= 0.6 is 11.8 Å². The summed E-state index contributed by atoms with van der Waals surface area (Å²) in [6, 6.07) is -0.603. The highest BCUT2D eigenvalue weighted by atomic mass is 32.2. The van der Waals surface area contributed by atoms with Crippen LogP contribution in [0.5, 0.6) is 0 Å². The second-order valence-electron chi connectivity index (χ2n) is 3.96. The number of halogens is 1. The van der Waals surface area contributed by atoms with Crippen molar-refractivity contribution in [3.63, 3.8) is 0 Å². The van der Waals surface area contributed by atoms with E-state index in [1.807, 2.05) is 0 Å². The lowest BCUT2D eigenvalue weighted by atomic mass is 9.96. The maximum Gasteiger partial charge on any atom is 0.159 e. The predicted molar refractivity (Wildman–Crippen MR) is 59.1 cm³/mol. The quantitative estimate of drug-likeness (QED) is 0.584. The normalized spacial score (nSPS) is 47.6. The Morgan fingerprint density at radius 1 is 1.62 bits per heavy atom. The van der Waals surface area contributed by atoms with Gasteiger partial charge in [0.2, 0.25) is 0 Å². The van der Waals surface area contributed by atoms with Crippen LogP contribution in [0.25, 0.3) is 0 Å². The van der Waals surface area contributed by atoms with Crippen LogP contribution in [0.4, 0.5) is 4.39 Å². The van der Waals surface area contributed by atoms with E-state index in [2.05, 4.69) is 10.3 Å². The summed E-state index contributed by atoms with van der Waals surface area (Å²) in [6.07, 6.45) is -4.57. The number of aliphatic hydroxyl groups is 2. The fourth-order valence-corrected chi connectivity index (χ4v) is 2.99. The summed E-state index contributed by atoms with van der Waals surface area (Å²) in [5.74, 6) is 0. The molecule has 2 heterocycles. The number of hydrogen-bond donors (Lipinski definition) is 3. The fourth-order valence-electron chi connectivity index (χ4n) is 1.92. The summed E-state index contributed by atoms with van der Waals surface area (Å²) in [6.45, 7) is 1.48. The Morgan fingerprint density at radius 2 is 2.31 bits per heavy atom. The van der Waals surface area contributed by atoms with Crippen molar-refractivity contribution in [2.24, 2.45) is 4.99 Å². The van der Waals surface area contributed by atoms with Crippen LogP contribution in [0.2, 0.25) is 0 Å². The summed E-state index contributed by atoms with van der Waals surface area (Å²) in [4.78, 5) is 3.92. The molecular formula is C9H15FN2O3S. The van der Waals surface area contributed by atoms with Gasteiger partial charge in [-0.2, -0.15) is 0 Å². The molecular weight excluding hydrogens is 235 g/mol. The Hall–Kier alpha value is -0.370. The number of thioether (sulfide) groups is 1. The average Bonchev–Trinajstić information content (AvgIpc) is 2.66. The van der Waals surface area contributed by atoms with Crippen molar-refractivity contribution in [3.05, 3.63) is 0 Å². The third kappa shape index (κ3) is 1.92. The Kier molecular flexibility index (Phi) is 3.39. The molecule has 0 saturated carbocycles. The molecule has 2 saturated heterocycles. The van der Waals surface area contributed by atoms with Crippen LogP contribution in [0, 0.1) is 0 Å². The molecule has 2 aliphatic rings. The van der Waals surface area contributed by atoms with Gasteiger partial charge in [0.25, 0.3) is 0 Å². The maximum atomic E-state index is 13.9. The first-order chi connectivity index (χ1) is 7.54. The van der Waals surface area contributed by atoms with Gasteiger partial charge in [0.1, 0.15) is 17.6 Å². The number of alkyl halides is 1. The summed E-state index contributed by atoms with van der Waals surface area (Å²) in [5, 5.41) is 22.5. The zero-order valence-corrected chi connectivity index (χ0v) is 9.82. The molecule has 0 bridgehead atoms. The highest BCUT2D eigenvalue weighted by molar-refractivity contribution is 8.14. The Bertz CT molecular complexity index is 302. The van der Waals surface area contributed by atoms with Gasteiger partial charge in [-0.3, -0.25) is 4.99 Å². The van der Waals surface area contributed by atoms with E-state index in [4.69, 9.17) is 4.74 Å². The van der Waals surface area contributed by atoms with E-state index in [1.165, 1.54) is 18.7 Å². The first-order valence-electron chi connectivity index (χ1n) is 5.10. The van der Waals surface area contributed by atoms with E-state index in [0.29, 0.717) is 5.17 Å². The van der Waals surface area contributed by atoms with Crippen molar-refractivity contribution in [2.75, 3.05) is 7.05 Å². The topological polar surface area (TPSA) is 74.1 Å². The van der Waals surface area contributed by atoms with Crippen LogP contribution in [-0.4, -0.2) is 58.4 Å². The lowest BCUT2D eigenvalue weighted by Crippen LogP contribution is -2.59. The molecule has 2 aliphatic heterocycles. The molecule has 92 valence electrons. The van der Waals surface area contributed by atoms with Crippen molar-refractivity contribution in [2.45, 2.75) is 42.9 Å². The van der Waals surface area contributed by atoms with Gasteiger partial charge in [-0.15, -0.1) is 0 Å². The number of ether oxygens (including phenoxy) is 1. The van der Waals surface area contributed by atoms with Gasteiger partial charge in [0.15, 0.2) is 11.3 Å². The monoisotopic (exact) mass is 250 g/mol. The van der Waals surface area contributed by atoms with Gasteiger partial charge in [0, 0.05) is 7.05 Å². The van der Waals surface area contributed by atoms with Crippen molar-refractivity contribution < 1.29 is 19.3 Å². The van der Waals surface area contributed by atoms with Gasteiger partial charge in [-0.05, 0) is 6.92 Å². The van der Waals surface area contributed by atoms with Crippen LogP contribution in [0.15, 0.2) is 4.99 Å². The summed E-state index contributed by atoms with van der Waals surface area (Å²) in [7, 11) is 1.60. The lowest BCUT2D eigenvalue weighted by Gasteiger charge is -2.38. The van der Waals surface area contributed by atoms with Crippen LogP contribution in [-0.2, 0) is 4.74 Å². The molecule has 0 aromatic carbocycles. The second kappa shape index (κ2) is 4.48. The number of hydrogen-bond acceptors (Lipinski definition) is 5. The standard InChI is InChI=1S/C9H15FN2O3S/c1-3(13)7-6(14)4(10)5-8(15-7)16-9(11-2)12-5/h3-8,13-14H,1-2H3,(H,11,12). The van der Waals surface area contributed by atoms with E-state index in [9.17, 15) is 14.6 Å². The van der Waals surface area contributed by atoms with Gasteiger partial charge in [0.05, 0.1) is 12.1 Å². The zero-order valence-electron chi connectivity index (χ0n) is 9.00. The van der Waals surface area contributed by atoms with E-state index < -0.39 is 36.0 Å². The number of aliphatic hydroxyl groups excluding tert-OH is 2. The summed E-state index contributed by atoms with van der Waals surface area (Å²) >= 11 is 1.28. The third-order valence-corrected chi connectivity index (χ3v) is 3.95. The molecule has 0 aliphatic carbocycles.